The van der Waals surface area contributed by atoms with Crippen molar-refractivity contribution in [2.75, 3.05) is 16.7 Å². The number of nitrogens with one attached hydrogen (secondary N) is 1. The van der Waals surface area contributed by atoms with Crippen LogP contribution in [0.1, 0.15) is 11.1 Å². The summed E-state index contributed by atoms with van der Waals surface area (Å²) in [6, 6.07) is 21.3. The van der Waals surface area contributed by atoms with Crippen molar-refractivity contribution in [3.05, 3.63) is 87.5 Å². The van der Waals surface area contributed by atoms with Crippen molar-refractivity contribution in [1.82, 2.24) is 0 Å². The molecule has 150 valence electrons. The molecule has 0 unspecified atom stereocenters. The lowest BCUT2D eigenvalue weighted by Crippen LogP contribution is -2.26. The first kappa shape index (κ1) is 21.3. The van der Waals surface area contributed by atoms with Gasteiger partial charge in [0.15, 0.2) is 0 Å². The van der Waals surface area contributed by atoms with Gasteiger partial charge in [0.05, 0.1) is 17.0 Å². The van der Waals surface area contributed by atoms with E-state index in [4.69, 9.17) is 0 Å². The van der Waals surface area contributed by atoms with E-state index in [0.717, 1.165) is 20.4 Å². The van der Waals surface area contributed by atoms with Crippen LogP contribution in [-0.4, -0.2) is 21.4 Å². The van der Waals surface area contributed by atoms with Gasteiger partial charge >= 0.3 is 0 Å². The third kappa shape index (κ3) is 5.36. The normalized spacial score (nSPS) is 11.1. The first-order valence-corrected chi connectivity index (χ1v) is 11.5. The smallest absolute Gasteiger partial charge is 0.264 e. The largest absolute Gasteiger partial charge is 0.326 e. The summed E-state index contributed by atoms with van der Waals surface area (Å²) in [5.41, 5.74) is 3.08. The van der Waals surface area contributed by atoms with Gasteiger partial charge < -0.3 is 5.32 Å². The van der Waals surface area contributed by atoms with Crippen LogP contribution in [0.3, 0.4) is 0 Å². The Hall–Kier alpha value is -2.39. The molecule has 0 spiro atoms. The first-order chi connectivity index (χ1) is 13.8. The standard InChI is InChI=1S/C22H21IN2O3S/c1-16-3-13-21(14-4-16)29(27,28)25(2)20-11-5-17(6-12-20)15-22(26)24-19-9-7-18(23)8-10-19/h3-14H,15H2,1-2H3,(H,24,26). The molecule has 0 bridgehead atoms. The van der Waals surface area contributed by atoms with Gasteiger partial charge in [-0.3, -0.25) is 9.10 Å². The Labute approximate surface area is 184 Å². The predicted molar refractivity (Wildman–Crippen MR) is 125 cm³/mol. The highest BCUT2D eigenvalue weighted by molar-refractivity contribution is 14.1. The Morgan fingerprint density at radius 1 is 0.931 bits per heavy atom. The summed E-state index contributed by atoms with van der Waals surface area (Å²) in [6.07, 6.45) is 0.209. The van der Waals surface area contributed by atoms with E-state index in [1.807, 2.05) is 31.2 Å². The number of anilines is 2. The highest BCUT2D eigenvalue weighted by atomic mass is 127. The molecule has 1 amide bonds. The SMILES string of the molecule is Cc1ccc(S(=O)(=O)N(C)c2ccc(CC(=O)Nc3ccc(I)cc3)cc2)cc1. The van der Waals surface area contributed by atoms with Gasteiger partial charge in [0.25, 0.3) is 10.0 Å². The minimum absolute atomic E-state index is 0.125. The fourth-order valence-electron chi connectivity index (χ4n) is 2.75. The van der Waals surface area contributed by atoms with Gasteiger partial charge in [0, 0.05) is 16.3 Å². The minimum atomic E-state index is -3.64. The molecular formula is C22H21IN2O3S. The van der Waals surface area contributed by atoms with E-state index in [1.54, 1.807) is 48.5 Å². The molecule has 0 saturated carbocycles. The van der Waals surface area contributed by atoms with E-state index in [9.17, 15) is 13.2 Å². The van der Waals surface area contributed by atoms with E-state index in [2.05, 4.69) is 27.9 Å². The van der Waals surface area contributed by atoms with Crippen molar-refractivity contribution < 1.29 is 13.2 Å². The molecule has 0 heterocycles. The number of aryl methyl sites for hydroxylation is 1. The van der Waals surface area contributed by atoms with Crippen molar-refractivity contribution >= 4 is 49.9 Å². The summed E-state index contributed by atoms with van der Waals surface area (Å²) in [6.45, 7) is 1.91. The highest BCUT2D eigenvalue weighted by Crippen LogP contribution is 2.23. The molecule has 29 heavy (non-hydrogen) atoms. The number of benzene rings is 3. The van der Waals surface area contributed by atoms with E-state index >= 15 is 0 Å². The van der Waals surface area contributed by atoms with Crippen LogP contribution < -0.4 is 9.62 Å². The van der Waals surface area contributed by atoms with Crippen molar-refractivity contribution in [3.8, 4) is 0 Å². The summed E-state index contributed by atoms with van der Waals surface area (Å²) in [4.78, 5) is 12.5. The number of hydrogen-bond acceptors (Lipinski definition) is 3. The van der Waals surface area contributed by atoms with Crippen molar-refractivity contribution in [2.45, 2.75) is 18.2 Å². The zero-order valence-electron chi connectivity index (χ0n) is 16.1. The van der Waals surface area contributed by atoms with Crippen LogP contribution in [0.4, 0.5) is 11.4 Å². The Morgan fingerprint density at radius 2 is 1.52 bits per heavy atom. The van der Waals surface area contributed by atoms with E-state index in [1.165, 1.54) is 11.4 Å². The number of carbonyl (C=O) groups is 1. The van der Waals surface area contributed by atoms with Crippen LogP contribution in [0.25, 0.3) is 0 Å². The molecule has 3 rings (SSSR count). The van der Waals surface area contributed by atoms with Gasteiger partial charge in [0.2, 0.25) is 5.91 Å². The summed E-state index contributed by atoms with van der Waals surface area (Å²) in [5, 5.41) is 2.86. The van der Waals surface area contributed by atoms with Crippen molar-refractivity contribution in [1.29, 1.82) is 0 Å². The van der Waals surface area contributed by atoms with Gasteiger partial charge in [0.1, 0.15) is 0 Å². The lowest BCUT2D eigenvalue weighted by molar-refractivity contribution is -0.115. The third-order valence-corrected chi connectivity index (χ3v) is 6.99. The van der Waals surface area contributed by atoms with Crippen LogP contribution in [0.5, 0.6) is 0 Å². The molecule has 7 heteroatoms. The molecule has 5 nitrogen and oxygen atoms in total. The Morgan fingerprint density at radius 3 is 2.10 bits per heavy atom. The topological polar surface area (TPSA) is 66.5 Å². The maximum absolute atomic E-state index is 12.8. The fourth-order valence-corrected chi connectivity index (χ4v) is 4.31. The molecule has 1 N–H and O–H groups in total. The number of nitrogens with zero attached hydrogens (tertiary/aromatic N) is 1. The third-order valence-electron chi connectivity index (χ3n) is 4.47. The van der Waals surface area contributed by atoms with Crippen LogP contribution in [0, 0.1) is 10.5 Å². The number of halogens is 1. The molecule has 0 aliphatic rings. The number of rotatable bonds is 6. The van der Waals surface area contributed by atoms with E-state index in [0.29, 0.717) is 5.69 Å². The molecule has 3 aromatic carbocycles. The van der Waals surface area contributed by atoms with Crippen LogP contribution in [0.15, 0.2) is 77.7 Å². The molecule has 0 aliphatic heterocycles. The molecule has 0 aromatic heterocycles. The second kappa shape index (κ2) is 8.96. The lowest BCUT2D eigenvalue weighted by atomic mass is 10.1. The maximum Gasteiger partial charge on any atom is 0.264 e. The number of sulfonamides is 1. The number of amides is 1. The molecule has 0 atom stereocenters. The van der Waals surface area contributed by atoms with Gasteiger partial charge in [-0.1, -0.05) is 29.8 Å². The predicted octanol–water partition coefficient (Wildman–Crippen LogP) is 4.61. The zero-order chi connectivity index (χ0) is 21.0. The van der Waals surface area contributed by atoms with Gasteiger partial charge in [-0.2, -0.15) is 0 Å². The zero-order valence-corrected chi connectivity index (χ0v) is 19.1. The summed E-state index contributed by atoms with van der Waals surface area (Å²) >= 11 is 2.21. The molecule has 0 saturated heterocycles. The van der Waals surface area contributed by atoms with Crippen molar-refractivity contribution in [2.24, 2.45) is 0 Å². The van der Waals surface area contributed by atoms with Gasteiger partial charge in [-0.15, -0.1) is 0 Å². The fraction of sp³-hybridized carbons (Fsp3) is 0.136. The summed E-state index contributed by atoms with van der Waals surface area (Å²) in [5.74, 6) is -0.125. The van der Waals surface area contributed by atoms with Crippen LogP contribution >= 0.6 is 22.6 Å². The van der Waals surface area contributed by atoms with Crippen molar-refractivity contribution in [3.63, 3.8) is 0 Å². The quantitative estimate of drug-likeness (QED) is 0.483. The monoisotopic (exact) mass is 520 g/mol. The highest BCUT2D eigenvalue weighted by Gasteiger charge is 2.21. The Bertz CT molecular complexity index is 1090. The lowest BCUT2D eigenvalue weighted by Gasteiger charge is -2.20. The minimum Gasteiger partial charge on any atom is -0.326 e. The van der Waals surface area contributed by atoms with Crippen LogP contribution in [0.2, 0.25) is 0 Å². The molecule has 0 aliphatic carbocycles. The number of hydrogen-bond donors (Lipinski definition) is 1. The second-order valence-electron chi connectivity index (χ2n) is 6.68. The summed E-state index contributed by atoms with van der Waals surface area (Å²) in [7, 11) is -2.11. The average Bonchev–Trinajstić information content (AvgIpc) is 2.70. The molecule has 0 radical (unpaired) electrons. The molecular weight excluding hydrogens is 499 g/mol. The average molecular weight is 520 g/mol. The van der Waals surface area contributed by atoms with E-state index in [-0.39, 0.29) is 17.2 Å². The van der Waals surface area contributed by atoms with Gasteiger partial charge in [-0.05, 0) is 83.6 Å². The van der Waals surface area contributed by atoms with E-state index < -0.39 is 10.0 Å². The second-order valence-corrected chi connectivity index (χ2v) is 9.90. The summed E-state index contributed by atoms with van der Waals surface area (Å²) < 4.78 is 27.9. The molecule has 3 aromatic rings. The maximum atomic E-state index is 12.8. The Balaban J connectivity index is 1.68. The van der Waals surface area contributed by atoms with Crippen LogP contribution in [-0.2, 0) is 21.2 Å². The molecule has 0 fully saturated rings. The number of carbonyl (C=O) groups excluding carboxylic acids is 1. The van der Waals surface area contributed by atoms with Gasteiger partial charge in [-0.25, -0.2) is 8.42 Å². The first-order valence-electron chi connectivity index (χ1n) is 8.96. The Kier molecular flexibility index (Phi) is 6.59.